The molecular formula is C16H24N2O3S. The number of sulfone groups is 1. The molecule has 2 rings (SSSR count). The van der Waals surface area contributed by atoms with Crippen molar-refractivity contribution in [1.82, 2.24) is 5.32 Å². The zero-order valence-electron chi connectivity index (χ0n) is 13.2. The first kappa shape index (κ1) is 16.8. The fraction of sp³-hybridized carbons (Fsp3) is 0.562. The van der Waals surface area contributed by atoms with Gasteiger partial charge in [-0.2, -0.15) is 0 Å². The topological polar surface area (TPSA) is 66.5 Å². The zero-order valence-corrected chi connectivity index (χ0v) is 14.0. The molecule has 1 fully saturated rings. The van der Waals surface area contributed by atoms with Crippen LogP contribution in [0.25, 0.3) is 0 Å². The van der Waals surface area contributed by atoms with Crippen LogP contribution >= 0.6 is 0 Å². The van der Waals surface area contributed by atoms with E-state index in [1.807, 2.05) is 31.3 Å². The first-order chi connectivity index (χ1) is 10.4. The number of nitrogens with zero attached hydrogens (tertiary/aromatic N) is 1. The maximum Gasteiger partial charge on any atom is 0.251 e. The lowest BCUT2D eigenvalue weighted by Crippen LogP contribution is -2.29. The molecule has 1 heterocycles. The van der Waals surface area contributed by atoms with Crippen molar-refractivity contribution < 1.29 is 13.2 Å². The zero-order chi connectivity index (χ0) is 16.2. The number of hydrogen-bond donors (Lipinski definition) is 1. The lowest BCUT2D eigenvalue weighted by atomic mass is 10.1. The molecule has 22 heavy (non-hydrogen) atoms. The second-order valence-electron chi connectivity index (χ2n) is 5.95. The normalized spacial score (nSPS) is 19.8. The summed E-state index contributed by atoms with van der Waals surface area (Å²) in [6.45, 7) is 3.53. The van der Waals surface area contributed by atoms with Gasteiger partial charge in [-0.25, -0.2) is 8.42 Å². The molecule has 0 unspecified atom stereocenters. The molecule has 1 atom stereocenters. The minimum Gasteiger partial charge on any atom is -0.375 e. The summed E-state index contributed by atoms with van der Waals surface area (Å²) in [5.74, 6) is 0.331. The minimum atomic E-state index is -2.89. The predicted octanol–water partition coefficient (Wildman–Crippen LogP) is 1.70. The molecule has 0 bridgehead atoms. The minimum absolute atomic E-state index is 0.0453. The summed E-state index contributed by atoms with van der Waals surface area (Å²) in [6, 6.07) is 7.49. The molecule has 122 valence electrons. The molecule has 6 heteroatoms. The number of hydrogen-bond acceptors (Lipinski definition) is 4. The summed E-state index contributed by atoms with van der Waals surface area (Å²) in [4.78, 5) is 14.2. The number of amides is 1. The van der Waals surface area contributed by atoms with E-state index in [1.54, 1.807) is 0 Å². The highest BCUT2D eigenvalue weighted by Gasteiger charge is 2.27. The van der Waals surface area contributed by atoms with Crippen molar-refractivity contribution in [2.45, 2.75) is 19.8 Å². The monoisotopic (exact) mass is 324 g/mol. The van der Waals surface area contributed by atoms with Crippen molar-refractivity contribution in [2.75, 3.05) is 36.5 Å². The molecule has 0 radical (unpaired) electrons. The maximum absolute atomic E-state index is 12.1. The van der Waals surface area contributed by atoms with Gasteiger partial charge in [-0.1, -0.05) is 6.92 Å². The molecule has 1 aromatic carbocycles. The molecule has 1 N–H and O–H groups in total. The predicted molar refractivity (Wildman–Crippen MR) is 89.1 cm³/mol. The van der Waals surface area contributed by atoms with Gasteiger partial charge in [-0.15, -0.1) is 0 Å². The average molecular weight is 324 g/mol. The van der Waals surface area contributed by atoms with Crippen molar-refractivity contribution in [1.29, 1.82) is 0 Å². The Balaban J connectivity index is 1.87. The SMILES string of the molecule is CCCN(C)c1ccc(C(=O)NC[C@@H]2CCS(=O)(=O)C2)cc1. The van der Waals surface area contributed by atoms with E-state index in [9.17, 15) is 13.2 Å². The molecular weight excluding hydrogens is 300 g/mol. The molecule has 1 aliphatic heterocycles. The van der Waals surface area contributed by atoms with Gasteiger partial charge in [0.25, 0.3) is 5.91 Å². The Kier molecular flexibility index (Phi) is 5.45. The summed E-state index contributed by atoms with van der Waals surface area (Å²) < 4.78 is 22.8. The quantitative estimate of drug-likeness (QED) is 0.865. The van der Waals surface area contributed by atoms with E-state index in [4.69, 9.17) is 0 Å². The number of rotatable bonds is 6. The van der Waals surface area contributed by atoms with Crippen LogP contribution in [0.3, 0.4) is 0 Å². The van der Waals surface area contributed by atoms with Crippen molar-refractivity contribution in [3.63, 3.8) is 0 Å². The van der Waals surface area contributed by atoms with Gasteiger partial charge in [-0.05, 0) is 43.0 Å². The second-order valence-corrected chi connectivity index (χ2v) is 8.18. The van der Waals surface area contributed by atoms with Crippen LogP contribution in [-0.4, -0.2) is 46.0 Å². The van der Waals surface area contributed by atoms with Crippen molar-refractivity contribution >= 4 is 21.4 Å². The Morgan fingerprint density at radius 3 is 2.55 bits per heavy atom. The average Bonchev–Trinajstić information content (AvgIpc) is 2.84. The molecule has 1 amide bonds. The largest absolute Gasteiger partial charge is 0.375 e. The van der Waals surface area contributed by atoms with Gasteiger partial charge in [0.15, 0.2) is 9.84 Å². The van der Waals surface area contributed by atoms with Crippen LogP contribution in [0.1, 0.15) is 30.1 Å². The molecule has 0 spiro atoms. The summed E-state index contributed by atoms with van der Waals surface area (Å²) in [7, 11) is -0.859. The van der Waals surface area contributed by atoms with Gasteiger partial charge in [0.05, 0.1) is 11.5 Å². The van der Waals surface area contributed by atoms with Gasteiger partial charge in [0.2, 0.25) is 0 Å². The van der Waals surface area contributed by atoms with Crippen molar-refractivity contribution in [3.05, 3.63) is 29.8 Å². The van der Waals surface area contributed by atoms with Crippen LogP contribution in [0.15, 0.2) is 24.3 Å². The number of anilines is 1. The lowest BCUT2D eigenvalue weighted by molar-refractivity contribution is 0.0948. The van der Waals surface area contributed by atoms with Crippen LogP contribution in [0.2, 0.25) is 0 Å². The van der Waals surface area contributed by atoms with Crippen molar-refractivity contribution in [3.8, 4) is 0 Å². The highest BCUT2D eigenvalue weighted by molar-refractivity contribution is 7.91. The summed E-state index contributed by atoms with van der Waals surface area (Å²) in [6.07, 6.45) is 1.71. The molecule has 0 aromatic heterocycles. The van der Waals surface area contributed by atoms with Crippen LogP contribution in [0.4, 0.5) is 5.69 Å². The third-order valence-corrected chi connectivity index (χ3v) is 5.84. The van der Waals surface area contributed by atoms with E-state index in [-0.39, 0.29) is 23.3 Å². The molecule has 1 aromatic rings. The summed E-state index contributed by atoms with van der Waals surface area (Å²) >= 11 is 0. The molecule has 1 aliphatic rings. The Morgan fingerprint density at radius 1 is 1.32 bits per heavy atom. The molecule has 1 saturated heterocycles. The molecule has 0 aliphatic carbocycles. The van der Waals surface area contributed by atoms with Gasteiger partial charge in [-0.3, -0.25) is 4.79 Å². The van der Waals surface area contributed by atoms with Crippen LogP contribution in [0, 0.1) is 5.92 Å². The number of benzene rings is 1. The van der Waals surface area contributed by atoms with E-state index < -0.39 is 9.84 Å². The summed E-state index contributed by atoms with van der Waals surface area (Å²) in [5, 5.41) is 2.84. The van der Waals surface area contributed by atoms with Gasteiger partial charge < -0.3 is 10.2 Å². The lowest BCUT2D eigenvalue weighted by Gasteiger charge is -2.18. The smallest absolute Gasteiger partial charge is 0.251 e. The standard InChI is InChI=1S/C16H24N2O3S/c1-3-9-18(2)15-6-4-14(5-7-15)16(19)17-11-13-8-10-22(20,21)12-13/h4-7,13H,3,8-12H2,1-2H3,(H,17,19)/t13-/m0/s1. The van der Waals surface area contributed by atoms with Crippen LogP contribution in [0.5, 0.6) is 0 Å². The first-order valence-electron chi connectivity index (χ1n) is 7.71. The Bertz CT molecular complexity index is 611. The Hall–Kier alpha value is -1.56. The number of carbonyl (C=O) groups is 1. The van der Waals surface area contributed by atoms with Gasteiger partial charge in [0, 0.05) is 31.4 Å². The first-order valence-corrected chi connectivity index (χ1v) is 9.53. The van der Waals surface area contributed by atoms with E-state index in [1.165, 1.54) is 0 Å². The van der Waals surface area contributed by atoms with E-state index in [0.717, 1.165) is 18.7 Å². The summed E-state index contributed by atoms with van der Waals surface area (Å²) in [5.41, 5.74) is 1.69. The van der Waals surface area contributed by atoms with E-state index in [2.05, 4.69) is 17.1 Å². The second kappa shape index (κ2) is 7.13. The van der Waals surface area contributed by atoms with Crippen molar-refractivity contribution in [2.24, 2.45) is 5.92 Å². The molecule has 0 saturated carbocycles. The van der Waals surface area contributed by atoms with E-state index >= 15 is 0 Å². The Morgan fingerprint density at radius 2 is 2.00 bits per heavy atom. The third kappa shape index (κ3) is 4.47. The fourth-order valence-electron chi connectivity index (χ4n) is 2.70. The van der Waals surface area contributed by atoms with Gasteiger partial charge in [0.1, 0.15) is 0 Å². The third-order valence-electron chi connectivity index (χ3n) is 4.01. The maximum atomic E-state index is 12.1. The highest BCUT2D eigenvalue weighted by Crippen LogP contribution is 2.18. The van der Waals surface area contributed by atoms with Crippen LogP contribution < -0.4 is 10.2 Å². The number of nitrogens with one attached hydrogen (secondary N) is 1. The van der Waals surface area contributed by atoms with Crippen LogP contribution in [-0.2, 0) is 9.84 Å². The highest BCUT2D eigenvalue weighted by atomic mass is 32.2. The number of carbonyl (C=O) groups excluding carboxylic acids is 1. The fourth-order valence-corrected chi connectivity index (χ4v) is 4.57. The Labute approximate surface area is 132 Å². The van der Waals surface area contributed by atoms with Gasteiger partial charge >= 0.3 is 0 Å². The van der Waals surface area contributed by atoms with E-state index in [0.29, 0.717) is 18.5 Å². The molecule has 5 nitrogen and oxygen atoms in total.